The third-order valence-electron chi connectivity index (χ3n) is 3.13. The summed E-state index contributed by atoms with van der Waals surface area (Å²) in [5.41, 5.74) is 1.06. The first kappa shape index (κ1) is 16.3. The van der Waals surface area contributed by atoms with E-state index in [0.29, 0.717) is 31.2 Å². The molecule has 0 fully saturated rings. The number of aryl methyl sites for hydroxylation is 1. The summed E-state index contributed by atoms with van der Waals surface area (Å²) < 4.78 is 5.08. The normalized spacial score (nSPS) is 11.5. The lowest BCUT2D eigenvalue weighted by Crippen LogP contribution is -2.39. The van der Waals surface area contributed by atoms with Gasteiger partial charge < -0.3 is 14.7 Å². The largest absolute Gasteiger partial charge is 0.356 e. The minimum Gasteiger partial charge on any atom is -0.356 e. The highest BCUT2D eigenvalue weighted by molar-refractivity contribution is 6.31. The van der Waals surface area contributed by atoms with E-state index in [2.05, 4.69) is 20.4 Å². The molecule has 0 unspecified atom stereocenters. The number of hydrogen-bond donors (Lipinski definition) is 1. The van der Waals surface area contributed by atoms with E-state index in [1.54, 1.807) is 14.0 Å². The molecule has 1 aromatic heterocycles. The lowest BCUT2D eigenvalue weighted by Gasteiger charge is -2.22. The Morgan fingerprint density at radius 1 is 1.41 bits per heavy atom. The molecule has 0 aliphatic carbocycles. The maximum absolute atomic E-state index is 6.19. The maximum Gasteiger partial charge on any atom is 0.228 e. The SMILES string of the molecule is CN=C(NCCc1nc(C)no1)N(C)Cc1ccccc1Cl. The van der Waals surface area contributed by atoms with Crippen molar-refractivity contribution < 1.29 is 4.52 Å². The lowest BCUT2D eigenvalue weighted by atomic mass is 10.2. The van der Waals surface area contributed by atoms with Crippen molar-refractivity contribution in [1.82, 2.24) is 20.4 Å². The molecule has 0 amide bonds. The molecule has 7 heteroatoms. The van der Waals surface area contributed by atoms with Crippen molar-refractivity contribution in [2.75, 3.05) is 20.6 Å². The Morgan fingerprint density at radius 3 is 2.82 bits per heavy atom. The van der Waals surface area contributed by atoms with Gasteiger partial charge >= 0.3 is 0 Å². The number of rotatable bonds is 5. The first-order valence-corrected chi connectivity index (χ1v) is 7.42. The van der Waals surface area contributed by atoms with Crippen LogP contribution in [0.4, 0.5) is 0 Å². The van der Waals surface area contributed by atoms with E-state index >= 15 is 0 Å². The van der Waals surface area contributed by atoms with Crippen LogP contribution in [-0.4, -0.2) is 41.6 Å². The zero-order chi connectivity index (χ0) is 15.9. The zero-order valence-electron chi connectivity index (χ0n) is 13.0. The van der Waals surface area contributed by atoms with Crippen LogP contribution in [0.25, 0.3) is 0 Å². The fraction of sp³-hybridized carbons (Fsp3) is 0.400. The standard InChI is InChI=1S/C15H20ClN5O/c1-11-19-14(22-20-11)8-9-18-15(17-2)21(3)10-12-6-4-5-7-13(12)16/h4-7H,8-10H2,1-3H3,(H,17,18). The quantitative estimate of drug-likeness (QED) is 0.676. The summed E-state index contributed by atoms with van der Waals surface area (Å²) in [6.45, 7) is 3.15. The van der Waals surface area contributed by atoms with Gasteiger partial charge in [0, 0.05) is 38.6 Å². The Bertz CT molecular complexity index is 640. The molecule has 118 valence electrons. The summed E-state index contributed by atoms with van der Waals surface area (Å²) in [6, 6.07) is 7.79. The molecule has 0 aliphatic heterocycles. The second-order valence-corrected chi connectivity index (χ2v) is 5.31. The van der Waals surface area contributed by atoms with Crippen LogP contribution in [0.15, 0.2) is 33.8 Å². The van der Waals surface area contributed by atoms with Crippen molar-refractivity contribution in [1.29, 1.82) is 0 Å². The maximum atomic E-state index is 6.19. The zero-order valence-corrected chi connectivity index (χ0v) is 13.8. The highest BCUT2D eigenvalue weighted by Crippen LogP contribution is 2.16. The van der Waals surface area contributed by atoms with Crippen LogP contribution < -0.4 is 5.32 Å². The van der Waals surface area contributed by atoms with Gasteiger partial charge in [-0.05, 0) is 18.6 Å². The fourth-order valence-corrected chi connectivity index (χ4v) is 2.26. The van der Waals surface area contributed by atoms with Crippen molar-refractivity contribution >= 4 is 17.6 Å². The van der Waals surface area contributed by atoms with Crippen molar-refractivity contribution in [3.63, 3.8) is 0 Å². The Hall–Kier alpha value is -2.08. The third kappa shape index (κ3) is 4.46. The summed E-state index contributed by atoms with van der Waals surface area (Å²) in [6.07, 6.45) is 0.653. The molecule has 0 spiro atoms. The molecule has 6 nitrogen and oxygen atoms in total. The molecular weight excluding hydrogens is 302 g/mol. The molecule has 1 N–H and O–H groups in total. The molecule has 0 aliphatic rings. The van der Waals surface area contributed by atoms with E-state index in [1.165, 1.54) is 0 Å². The van der Waals surface area contributed by atoms with Gasteiger partial charge in [0.2, 0.25) is 5.89 Å². The smallest absolute Gasteiger partial charge is 0.228 e. The highest BCUT2D eigenvalue weighted by Gasteiger charge is 2.09. The first-order valence-electron chi connectivity index (χ1n) is 7.04. The van der Waals surface area contributed by atoms with Crippen molar-refractivity contribution in [3.8, 4) is 0 Å². The highest BCUT2D eigenvalue weighted by atomic mass is 35.5. The van der Waals surface area contributed by atoms with Gasteiger partial charge in [-0.15, -0.1) is 0 Å². The minimum atomic E-state index is 0.620. The van der Waals surface area contributed by atoms with Crippen LogP contribution >= 0.6 is 11.6 Å². The fourth-order valence-electron chi connectivity index (χ4n) is 2.06. The number of aliphatic imine (C=N–C) groups is 1. The van der Waals surface area contributed by atoms with Gasteiger partial charge in [0.1, 0.15) is 0 Å². The first-order chi connectivity index (χ1) is 10.6. The molecule has 0 radical (unpaired) electrons. The minimum absolute atomic E-state index is 0.620. The van der Waals surface area contributed by atoms with Crippen LogP contribution in [0.1, 0.15) is 17.3 Å². The van der Waals surface area contributed by atoms with E-state index in [-0.39, 0.29) is 0 Å². The summed E-state index contributed by atoms with van der Waals surface area (Å²) in [7, 11) is 3.72. The van der Waals surface area contributed by atoms with Gasteiger partial charge in [-0.3, -0.25) is 4.99 Å². The monoisotopic (exact) mass is 321 g/mol. The molecule has 0 saturated heterocycles. The number of aromatic nitrogens is 2. The van der Waals surface area contributed by atoms with Gasteiger partial charge in [-0.25, -0.2) is 0 Å². The van der Waals surface area contributed by atoms with Gasteiger partial charge in [0.05, 0.1) is 0 Å². The predicted octanol–water partition coefficient (Wildman–Crippen LogP) is 2.28. The number of benzene rings is 1. The molecule has 1 aromatic carbocycles. The molecule has 0 saturated carbocycles. The van der Waals surface area contributed by atoms with Gasteiger partial charge in [0.25, 0.3) is 0 Å². The molecule has 1 heterocycles. The van der Waals surface area contributed by atoms with E-state index < -0.39 is 0 Å². The van der Waals surface area contributed by atoms with E-state index in [1.807, 2.05) is 36.2 Å². The number of nitrogens with one attached hydrogen (secondary N) is 1. The summed E-state index contributed by atoms with van der Waals surface area (Å²) >= 11 is 6.19. The Morgan fingerprint density at radius 2 is 2.18 bits per heavy atom. The van der Waals surface area contributed by atoms with Gasteiger partial charge in [-0.1, -0.05) is 35.0 Å². The van der Waals surface area contributed by atoms with Crippen molar-refractivity contribution in [3.05, 3.63) is 46.6 Å². The number of halogens is 1. The second kappa shape index (κ2) is 7.79. The average Bonchev–Trinajstić information content (AvgIpc) is 2.91. The Balaban J connectivity index is 1.87. The van der Waals surface area contributed by atoms with Crippen LogP contribution in [0.2, 0.25) is 5.02 Å². The molecule has 22 heavy (non-hydrogen) atoms. The topological polar surface area (TPSA) is 66.5 Å². The average molecular weight is 322 g/mol. The van der Waals surface area contributed by atoms with Crippen molar-refractivity contribution in [2.24, 2.45) is 4.99 Å². The predicted molar refractivity (Wildman–Crippen MR) is 87.0 cm³/mol. The van der Waals surface area contributed by atoms with E-state index in [0.717, 1.165) is 16.5 Å². The van der Waals surface area contributed by atoms with Crippen LogP contribution in [0.5, 0.6) is 0 Å². The van der Waals surface area contributed by atoms with Gasteiger partial charge in [0.15, 0.2) is 11.8 Å². The van der Waals surface area contributed by atoms with E-state index in [4.69, 9.17) is 16.1 Å². The number of hydrogen-bond acceptors (Lipinski definition) is 4. The molecular formula is C15H20ClN5O. The van der Waals surface area contributed by atoms with E-state index in [9.17, 15) is 0 Å². The molecule has 2 rings (SSSR count). The van der Waals surface area contributed by atoms with Gasteiger partial charge in [-0.2, -0.15) is 4.98 Å². The van der Waals surface area contributed by atoms with Crippen molar-refractivity contribution in [2.45, 2.75) is 19.9 Å². The molecule has 0 bridgehead atoms. The summed E-state index contributed by atoms with van der Waals surface area (Å²) in [5, 5.41) is 7.79. The lowest BCUT2D eigenvalue weighted by molar-refractivity contribution is 0.373. The molecule has 2 aromatic rings. The van der Waals surface area contributed by atoms with Crippen LogP contribution in [0, 0.1) is 6.92 Å². The Labute approximate surface area is 135 Å². The Kier molecular flexibility index (Phi) is 5.77. The number of guanidine groups is 1. The van der Waals surface area contributed by atoms with Crippen LogP contribution in [-0.2, 0) is 13.0 Å². The third-order valence-corrected chi connectivity index (χ3v) is 3.50. The van der Waals surface area contributed by atoms with Crippen LogP contribution in [0.3, 0.4) is 0 Å². The summed E-state index contributed by atoms with van der Waals surface area (Å²) in [4.78, 5) is 10.5. The molecule has 0 atom stereocenters. The second-order valence-electron chi connectivity index (χ2n) is 4.91. The summed E-state index contributed by atoms with van der Waals surface area (Å²) in [5.74, 6) is 2.06. The number of nitrogens with zero attached hydrogens (tertiary/aromatic N) is 4.